The molecule has 0 aliphatic carbocycles. The van der Waals surface area contributed by atoms with Crippen LogP contribution in [0.3, 0.4) is 0 Å². The number of amides is 1. The van der Waals surface area contributed by atoms with Crippen LogP contribution in [0.25, 0.3) is 0 Å². The Balaban J connectivity index is 2.33. The van der Waals surface area contributed by atoms with Crippen LogP contribution in [0.1, 0.15) is 6.92 Å². The molecule has 0 saturated heterocycles. The summed E-state index contributed by atoms with van der Waals surface area (Å²) in [4.78, 5) is 22.0. The molecule has 1 amide bonds. The second-order valence-electron chi connectivity index (χ2n) is 3.49. The van der Waals surface area contributed by atoms with Gasteiger partial charge in [-0.15, -0.1) is 0 Å². The SMILES string of the molecule is COC(=O)C(=O)NC(C)COc1ccccc1. The minimum absolute atomic E-state index is 0.276. The van der Waals surface area contributed by atoms with Gasteiger partial charge in [0, 0.05) is 0 Å². The minimum atomic E-state index is -0.906. The maximum Gasteiger partial charge on any atom is 0.396 e. The van der Waals surface area contributed by atoms with Crippen LogP contribution in [0.5, 0.6) is 5.75 Å². The average molecular weight is 237 g/mol. The molecule has 0 aromatic heterocycles. The Morgan fingerprint density at radius 3 is 2.53 bits per heavy atom. The molecule has 1 unspecified atom stereocenters. The largest absolute Gasteiger partial charge is 0.491 e. The highest BCUT2D eigenvalue weighted by Gasteiger charge is 2.16. The summed E-state index contributed by atoms with van der Waals surface area (Å²) in [5, 5.41) is 2.46. The van der Waals surface area contributed by atoms with Crippen molar-refractivity contribution in [3.8, 4) is 5.75 Å². The number of carbonyl (C=O) groups excluding carboxylic acids is 2. The van der Waals surface area contributed by atoms with Gasteiger partial charge in [-0.25, -0.2) is 4.79 Å². The van der Waals surface area contributed by atoms with Crippen molar-refractivity contribution in [3.05, 3.63) is 30.3 Å². The maximum absolute atomic E-state index is 11.2. The van der Waals surface area contributed by atoms with Crippen LogP contribution in [0.15, 0.2) is 30.3 Å². The standard InChI is InChI=1S/C12H15NO4/c1-9(13-11(14)12(15)16-2)8-17-10-6-4-3-5-7-10/h3-7,9H,8H2,1-2H3,(H,13,14). The fourth-order valence-corrected chi connectivity index (χ4v) is 1.16. The average Bonchev–Trinajstić information content (AvgIpc) is 2.36. The Kier molecular flexibility index (Phi) is 5.00. The molecule has 0 saturated carbocycles. The Morgan fingerprint density at radius 2 is 1.94 bits per heavy atom. The van der Waals surface area contributed by atoms with Gasteiger partial charge in [-0.1, -0.05) is 18.2 Å². The Hall–Kier alpha value is -2.04. The van der Waals surface area contributed by atoms with Crippen molar-refractivity contribution in [2.75, 3.05) is 13.7 Å². The highest BCUT2D eigenvalue weighted by Crippen LogP contribution is 2.08. The minimum Gasteiger partial charge on any atom is -0.491 e. The first-order valence-corrected chi connectivity index (χ1v) is 5.20. The molecule has 5 heteroatoms. The van der Waals surface area contributed by atoms with E-state index in [1.165, 1.54) is 0 Å². The molecule has 1 N–H and O–H groups in total. The second-order valence-corrected chi connectivity index (χ2v) is 3.49. The summed E-state index contributed by atoms with van der Waals surface area (Å²) >= 11 is 0. The van der Waals surface area contributed by atoms with Gasteiger partial charge in [-0.2, -0.15) is 0 Å². The number of ether oxygens (including phenoxy) is 2. The van der Waals surface area contributed by atoms with E-state index in [0.717, 1.165) is 7.11 Å². The van der Waals surface area contributed by atoms with Crippen molar-refractivity contribution < 1.29 is 19.1 Å². The molecule has 0 bridgehead atoms. The Labute approximate surface area is 99.7 Å². The monoisotopic (exact) mass is 237 g/mol. The zero-order valence-electron chi connectivity index (χ0n) is 9.80. The number of nitrogens with one attached hydrogen (secondary N) is 1. The number of para-hydroxylation sites is 1. The molecule has 5 nitrogen and oxygen atoms in total. The smallest absolute Gasteiger partial charge is 0.396 e. The van der Waals surface area contributed by atoms with Crippen molar-refractivity contribution in [1.29, 1.82) is 0 Å². The molecule has 17 heavy (non-hydrogen) atoms. The summed E-state index contributed by atoms with van der Waals surface area (Å²) in [5.74, 6) is -0.958. The summed E-state index contributed by atoms with van der Waals surface area (Å²) in [5.41, 5.74) is 0. The van der Waals surface area contributed by atoms with Crippen molar-refractivity contribution in [1.82, 2.24) is 5.32 Å². The Morgan fingerprint density at radius 1 is 1.29 bits per heavy atom. The third kappa shape index (κ3) is 4.55. The van der Waals surface area contributed by atoms with Gasteiger partial charge in [-0.3, -0.25) is 4.79 Å². The van der Waals surface area contributed by atoms with E-state index in [-0.39, 0.29) is 12.6 Å². The van der Waals surface area contributed by atoms with E-state index >= 15 is 0 Å². The zero-order chi connectivity index (χ0) is 12.7. The first kappa shape index (κ1) is 13.0. The van der Waals surface area contributed by atoms with E-state index < -0.39 is 11.9 Å². The highest BCUT2D eigenvalue weighted by atomic mass is 16.5. The van der Waals surface area contributed by atoms with Crippen LogP contribution in [0.4, 0.5) is 0 Å². The molecule has 0 fully saturated rings. The van der Waals surface area contributed by atoms with Crippen molar-refractivity contribution in [3.63, 3.8) is 0 Å². The van der Waals surface area contributed by atoms with E-state index in [9.17, 15) is 9.59 Å². The molecule has 1 rings (SSSR count). The van der Waals surface area contributed by atoms with Gasteiger partial charge < -0.3 is 14.8 Å². The van der Waals surface area contributed by atoms with Gasteiger partial charge in [0.05, 0.1) is 13.2 Å². The van der Waals surface area contributed by atoms with Crippen molar-refractivity contribution in [2.45, 2.75) is 13.0 Å². The first-order valence-electron chi connectivity index (χ1n) is 5.20. The molecular formula is C12H15NO4. The number of esters is 1. The normalized spacial score (nSPS) is 11.4. The number of benzene rings is 1. The first-order chi connectivity index (χ1) is 8.13. The predicted molar refractivity (Wildman–Crippen MR) is 61.6 cm³/mol. The fourth-order valence-electron chi connectivity index (χ4n) is 1.16. The molecular weight excluding hydrogens is 222 g/mol. The topological polar surface area (TPSA) is 64.6 Å². The summed E-state index contributed by atoms with van der Waals surface area (Å²) in [7, 11) is 1.16. The molecule has 0 spiro atoms. The molecule has 1 atom stereocenters. The quantitative estimate of drug-likeness (QED) is 0.619. The summed E-state index contributed by atoms with van der Waals surface area (Å²) in [6.45, 7) is 2.02. The number of rotatable bonds is 4. The van der Waals surface area contributed by atoms with Crippen LogP contribution >= 0.6 is 0 Å². The summed E-state index contributed by atoms with van der Waals surface area (Å²) in [6.07, 6.45) is 0. The van der Waals surface area contributed by atoms with E-state index in [2.05, 4.69) is 10.1 Å². The molecule has 1 aromatic rings. The molecule has 92 valence electrons. The zero-order valence-corrected chi connectivity index (χ0v) is 9.80. The van der Waals surface area contributed by atoms with Crippen molar-refractivity contribution >= 4 is 11.9 Å². The summed E-state index contributed by atoms with van der Waals surface area (Å²) < 4.78 is 9.70. The van der Waals surface area contributed by atoms with Gasteiger partial charge >= 0.3 is 11.9 Å². The number of hydrogen-bond donors (Lipinski definition) is 1. The molecule has 0 aliphatic rings. The fraction of sp³-hybridized carbons (Fsp3) is 0.333. The lowest BCUT2D eigenvalue weighted by atomic mass is 10.3. The van der Waals surface area contributed by atoms with E-state index in [1.807, 2.05) is 30.3 Å². The van der Waals surface area contributed by atoms with Crippen LogP contribution < -0.4 is 10.1 Å². The van der Waals surface area contributed by atoms with Crippen LogP contribution in [-0.4, -0.2) is 31.6 Å². The number of hydrogen-bond acceptors (Lipinski definition) is 4. The number of carbonyl (C=O) groups is 2. The van der Waals surface area contributed by atoms with E-state index in [0.29, 0.717) is 5.75 Å². The van der Waals surface area contributed by atoms with Crippen LogP contribution in [0.2, 0.25) is 0 Å². The third-order valence-electron chi connectivity index (χ3n) is 1.99. The maximum atomic E-state index is 11.2. The van der Waals surface area contributed by atoms with Crippen LogP contribution in [0, 0.1) is 0 Å². The summed E-state index contributed by atoms with van der Waals surface area (Å²) in [6, 6.07) is 8.95. The third-order valence-corrected chi connectivity index (χ3v) is 1.99. The van der Waals surface area contributed by atoms with Crippen molar-refractivity contribution in [2.24, 2.45) is 0 Å². The van der Waals surface area contributed by atoms with Gasteiger partial charge in [0.1, 0.15) is 12.4 Å². The highest BCUT2D eigenvalue weighted by molar-refractivity contribution is 6.32. The van der Waals surface area contributed by atoms with Gasteiger partial charge in [0.2, 0.25) is 0 Å². The molecule has 0 aliphatic heterocycles. The van der Waals surface area contributed by atoms with E-state index in [4.69, 9.17) is 4.74 Å². The Bertz CT molecular complexity index is 377. The van der Waals surface area contributed by atoms with Gasteiger partial charge in [0.15, 0.2) is 0 Å². The molecule has 1 aromatic carbocycles. The lowest BCUT2D eigenvalue weighted by Crippen LogP contribution is -2.41. The lowest BCUT2D eigenvalue weighted by Gasteiger charge is -2.13. The number of methoxy groups -OCH3 is 1. The predicted octanol–water partition coefficient (Wildman–Crippen LogP) is 0.743. The lowest BCUT2D eigenvalue weighted by molar-refractivity contribution is -0.153. The molecule has 0 radical (unpaired) electrons. The molecule has 0 heterocycles. The van der Waals surface area contributed by atoms with Gasteiger partial charge in [-0.05, 0) is 19.1 Å². The van der Waals surface area contributed by atoms with E-state index in [1.54, 1.807) is 6.92 Å². The van der Waals surface area contributed by atoms with Gasteiger partial charge in [0.25, 0.3) is 0 Å². The second kappa shape index (κ2) is 6.52. The van der Waals surface area contributed by atoms with Crippen LogP contribution in [-0.2, 0) is 14.3 Å².